The molecule has 0 saturated heterocycles. The number of rotatable bonds is 7. The first-order chi connectivity index (χ1) is 13.6. The molecule has 28 heavy (non-hydrogen) atoms. The maximum atomic E-state index is 12.0. The molecule has 0 radical (unpaired) electrons. The molecular formula is C18H19N5O4S. The fourth-order valence-electron chi connectivity index (χ4n) is 2.40. The monoisotopic (exact) mass is 401 g/mol. The Balaban J connectivity index is 1.59. The van der Waals surface area contributed by atoms with Gasteiger partial charge in [0.1, 0.15) is 5.75 Å². The van der Waals surface area contributed by atoms with Crippen LogP contribution in [0, 0.1) is 0 Å². The third kappa shape index (κ3) is 4.52. The van der Waals surface area contributed by atoms with Crippen molar-refractivity contribution in [3.05, 3.63) is 48.4 Å². The molecule has 0 fully saturated rings. The summed E-state index contributed by atoms with van der Waals surface area (Å²) in [5.41, 5.74) is 5.53. The highest BCUT2D eigenvalue weighted by molar-refractivity contribution is 7.99. The van der Waals surface area contributed by atoms with Gasteiger partial charge in [-0.1, -0.05) is 11.8 Å². The van der Waals surface area contributed by atoms with Crippen LogP contribution < -0.4 is 15.6 Å². The molecule has 0 bridgehead atoms. The van der Waals surface area contributed by atoms with Crippen LogP contribution in [0.25, 0.3) is 11.4 Å². The SMILES string of the molecule is CCn1c(SCC(=O)NNC(=O)c2ccco2)nnc1-c1ccc(OC)cc1. The van der Waals surface area contributed by atoms with E-state index in [0.29, 0.717) is 17.5 Å². The van der Waals surface area contributed by atoms with E-state index in [0.717, 1.165) is 11.3 Å². The highest BCUT2D eigenvalue weighted by Gasteiger charge is 2.15. The zero-order chi connectivity index (χ0) is 19.9. The summed E-state index contributed by atoms with van der Waals surface area (Å²) in [4.78, 5) is 23.7. The number of thioether (sulfide) groups is 1. The molecule has 3 rings (SSSR count). The number of nitrogens with zero attached hydrogens (tertiary/aromatic N) is 3. The van der Waals surface area contributed by atoms with Crippen molar-refractivity contribution in [2.45, 2.75) is 18.6 Å². The lowest BCUT2D eigenvalue weighted by molar-refractivity contribution is -0.119. The third-order valence-corrected chi connectivity index (χ3v) is 4.74. The standard InChI is InChI=1S/C18H19N5O4S/c1-3-23-16(12-6-8-13(26-2)9-7-12)20-22-18(23)28-11-15(24)19-21-17(25)14-5-4-10-27-14/h4-10H,3,11H2,1-2H3,(H,19,24)(H,21,25). The average Bonchev–Trinajstić information content (AvgIpc) is 3.40. The van der Waals surface area contributed by atoms with Gasteiger partial charge >= 0.3 is 5.91 Å². The van der Waals surface area contributed by atoms with Gasteiger partial charge in [0, 0.05) is 12.1 Å². The normalized spacial score (nSPS) is 10.5. The minimum atomic E-state index is -0.526. The van der Waals surface area contributed by atoms with E-state index in [2.05, 4.69) is 21.0 Å². The number of methoxy groups -OCH3 is 1. The topological polar surface area (TPSA) is 111 Å². The summed E-state index contributed by atoms with van der Waals surface area (Å²) in [6, 6.07) is 10.6. The van der Waals surface area contributed by atoms with Gasteiger partial charge in [-0.25, -0.2) is 0 Å². The Labute approximate surface area is 165 Å². The lowest BCUT2D eigenvalue weighted by Gasteiger charge is -2.08. The smallest absolute Gasteiger partial charge is 0.305 e. The summed E-state index contributed by atoms with van der Waals surface area (Å²) < 4.78 is 12.0. The van der Waals surface area contributed by atoms with E-state index >= 15 is 0 Å². The number of aromatic nitrogens is 3. The van der Waals surface area contributed by atoms with Crippen molar-refractivity contribution in [3.63, 3.8) is 0 Å². The Morgan fingerprint density at radius 3 is 2.61 bits per heavy atom. The van der Waals surface area contributed by atoms with Crippen LogP contribution in [0.2, 0.25) is 0 Å². The first kappa shape index (κ1) is 19.5. The van der Waals surface area contributed by atoms with Crippen molar-refractivity contribution in [3.8, 4) is 17.1 Å². The summed E-state index contributed by atoms with van der Waals surface area (Å²) in [5, 5.41) is 9.02. The lowest BCUT2D eigenvalue weighted by atomic mass is 10.2. The second kappa shape index (κ2) is 9.09. The number of furan rings is 1. The third-order valence-electron chi connectivity index (χ3n) is 3.77. The molecule has 0 aliphatic rings. The molecule has 0 aliphatic heterocycles. The molecule has 1 aromatic carbocycles. The van der Waals surface area contributed by atoms with Crippen molar-refractivity contribution >= 4 is 23.6 Å². The minimum Gasteiger partial charge on any atom is -0.497 e. The summed E-state index contributed by atoms with van der Waals surface area (Å²) in [6.45, 7) is 2.62. The Morgan fingerprint density at radius 1 is 1.18 bits per heavy atom. The second-order valence-electron chi connectivity index (χ2n) is 5.55. The average molecular weight is 401 g/mol. The van der Waals surface area contributed by atoms with Crippen molar-refractivity contribution in [2.75, 3.05) is 12.9 Å². The van der Waals surface area contributed by atoms with E-state index in [9.17, 15) is 9.59 Å². The fourth-order valence-corrected chi connectivity index (χ4v) is 3.20. The fraction of sp³-hybridized carbons (Fsp3) is 0.222. The van der Waals surface area contributed by atoms with Crippen molar-refractivity contribution in [1.29, 1.82) is 0 Å². The molecular weight excluding hydrogens is 382 g/mol. The van der Waals surface area contributed by atoms with Gasteiger partial charge in [-0.05, 0) is 43.3 Å². The van der Waals surface area contributed by atoms with Crippen molar-refractivity contribution in [1.82, 2.24) is 25.6 Å². The van der Waals surface area contributed by atoms with Crippen molar-refractivity contribution in [2.24, 2.45) is 0 Å². The van der Waals surface area contributed by atoms with Crippen LogP contribution in [0.4, 0.5) is 0 Å². The van der Waals surface area contributed by atoms with Gasteiger partial charge in [0.25, 0.3) is 0 Å². The number of benzene rings is 1. The van der Waals surface area contributed by atoms with Crippen LogP contribution in [0.3, 0.4) is 0 Å². The Kier molecular flexibility index (Phi) is 6.33. The van der Waals surface area contributed by atoms with E-state index in [1.54, 1.807) is 13.2 Å². The van der Waals surface area contributed by atoms with Crippen LogP contribution in [0.1, 0.15) is 17.5 Å². The van der Waals surface area contributed by atoms with E-state index in [4.69, 9.17) is 9.15 Å². The Morgan fingerprint density at radius 2 is 1.96 bits per heavy atom. The number of nitrogens with one attached hydrogen (secondary N) is 2. The van der Waals surface area contributed by atoms with E-state index in [-0.39, 0.29) is 17.4 Å². The number of carbonyl (C=O) groups excluding carboxylic acids is 2. The Bertz CT molecular complexity index is 938. The van der Waals surface area contributed by atoms with Crippen LogP contribution in [-0.2, 0) is 11.3 Å². The molecule has 146 valence electrons. The van der Waals surface area contributed by atoms with E-state index in [1.807, 2.05) is 35.8 Å². The zero-order valence-electron chi connectivity index (χ0n) is 15.3. The molecule has 0 unspecified atom stereocenters. The highest BCUT2D eigenvalue weighted by Crippen LogP contribution is 2.25. The number of carbonyl (C=O) groups is 2. The molecule has 2 amide bonds. The van der Waals surface area contributed by atoms with Gasteiger partial charge in [-0.15, -0.1) is 10.2 Å². The van der Waals surface area contributed by atoms with Gasteiger partial charge < -0.3 is 13.7 Å². The van der Waals surface area contributed by atoms with Gasteiger partial charge in [0.2, 0.25) is 5.91 Å². The summed E-state index contributed by atoms with van der Waals surface area (Å²) in [7, 11) is 1.61. The predicted octanol–water partition coefficient (Wildman–Crippen LogP) is 2.12. The lowest BCUT2D eigenvalue weighted by Crippen LogP contribution is -2.42. The second-order valence-corrected chi connectivity index (χ2v) is 6.49. The van der Waals surface area contributed by atoms with Gasteiger partial charge in [0.05, 0.1) is 19.1 Å². The largest absolute Gasteiger partial charge is 0.497 e. The Hall–Kier alpha value is -3.27. The summed E-state index contributed by atoms with van der Waals surface area (Å²) >= 11 is 1.23. The van der Waals surface area contributed by atoms with Crippen LogP contribution in [0.5, 0.6) is 5.75 Å². The maximum absolute atomic E-state index is 12.0. The summed E-state index contributed by atoms with van der Waals surface area (Å²) in [6.07, 6.45) is 1.38. The zero-order valence-corrected chi connectivity index (χ0v) is 16.2. The maximum Gasteiger partial charge on any atom is 0.305 e. The molecule has 2 aromatic heterocycles. The highest BCUT2D eigenvalue weighted by atomic mass is 32.2. The first-order valence-electron chi connectivity index (χ1n) is 8.45. The number of hydrogen-bond acceptors (Lipinski definition) is 7. The summed E-state index contributed by atoms with van der Waals surface area (Å²) in [5.74, 6) is 0.749. The van der Waals surface area contributed by atoms with Crippen molar-refractivity contribution < 1.29 is 18.7 Å². The predicted molar refractivity (Wildman–Crippen MR) is 103 cm³/mol. The van der Waals surface area contributed by atoms with E-state index < -0.39 is 5.91 Å². The molecule has 0 aliphatic carbocycles. The van der Waals surface area contributed by atoms with Gasteiger partial charge in [0.15, 0.2) is 16.7 Å². The molecule has 2 N–H and O–H groups in total. The first-order valence-corrected chi connectivity index (χ1v) is 9.44. The van der Waals surface area contributed by atoms with Crippen LogP contribution in [-0.4, -0.2) is 39.4 Å². The minimum absolute atomic E-state index is 0.0686. The molecule has 0 spiro atoms. The molecule has 2 heterocycles. The van der Waals surface area contributed by atoms with Gasteiger partial charge in [-0.3, -0.25) is 20.4 Å². The number of amides is 2. The molecule has 0 saturated carbocycles. The van der Waals surface area contributed by atoms with Crippen LogP contribution >= 0.6 is 11.8 Å². The van der Waals surface area contributed by atoms with Gasteiger partial charge in [-0.2, -0.15) is 0 Å². The quantitative estimate of drug-likeness (QED) is 0.461. The van der Waals surface area contributed by atoms with Crippen LogP contribution in [0.15, 0.2) is 52.2 Å². The molecule has 9 nitrogen and oxygen atoms in total. The number of hydrazine groups is 1. The van der Waals surface area contributed by atoms with E-state index in [1.165, 1.54) is 24.1 Å². The number of ether oxygens (including phenoxy) is 1. The molecule has 10 heteroatoms. The molecule has 3 aromatic rings. The molecule has 0 atom stereocenters. The number of hydrogen-bond donors (Lipinski definition) is 2.